The monoisotopic (exact) mass is 346 g/mol. The second-order valence-corrected chi connectivity index (χ2v) is 8.13. The number of likely N-dealkylation sites (tertiary alicyclic amines) is 1. The minimum atomic E-state index is -0.0326. The van der Waals surface area contributed by atoms with Crippen molar-refractivity contribution in [3.8, 4) is 0 Å². The van der Waals surface area contributed by atoms with Crippen LogP contribution in [0.5, 0.6) is 0 Å². The maximum Gasteiger partial charge on any atom is 0.271 e. The smallest absolute Gasteiger partial charge is 0.271 e. The Balaban J connectivity index is 1.39. The number of rotatable bonds is 6. The molecule has 1 aliphatic carbocycles. The second kappa shape index (κ2) is 7.08. The highest BCUT2D eigenvalue weighted by molar-refractivity contribution is 5.92. The number of nitrogens with one attached hydrogen (secondary N) is 1. The van der Waals surface area contributed by atoms with Crippen LogP contribution in [0, 0.1) is 5.41 Å². The first-order chi connectivity index (χ1) is 12.2. The van der Waals surface area contributed by atoms with Gasteiger partial charge in [-0.15, -0.1) is 0 Å². The Labute approximate surface area is 149 Å². The average molecular weight is 346 g/mol. The number of ether oxygens (including phenoxy) is 1. The number of carbonyl (C=O) groups is 1. The fourth-order valence-electron chi connectivity index (χ4n) is 4.32. The highest BCUT2D eigenvalue weighted by atomic mass is 16.5. The lowest BCUT2D eigenvalue weighted by Gasteiger charge is -2.40. The molecule has 0 unspecified atom stereocenters. The lowest BCUT2D eigenvalue weighted by molar-refractivity contribution is -0.000655. The van der Waals surface area contributed by atoms with Gasteiger partial charge in [0.25, 0.3) is 5.91 Å². The summed E-state index contributed by atoms with van der Waals surface area (Å²) in [5.74, 6) is 0.575. The van der Waals surface area contributed by atoms with Gasteiger partial charge >= 0.3 is 0 Å². The van der Waals surface area contributed by atoms with Crippen LogP contribution in [0.1, 0.15) is 60.6 Å². The average Bonchev–Trinajstić information content (AvgIpc) is 3.20. The van der Waals surface area contributed by atoms with Crippen LogP contribution in [0.4, 0.5) is 0 Å². The van der Waals surface area contributed by atoms with E-state index in [0.29, 0.717) is 11.6 Å². The van der Waals surface area contributed by atoms with Gasteiger partial charge < -0.3 is 15.0 Å². The zero-order valence-electron chi connectivity index (χ0n) is 15.3. The largest absolute Gasteiger partial charge is 0.381 e. The number of nitrogens with zero attached hydrogens (tertiary/aromatic N) is 3. The molecule has 3 fully saturated rings. The molecular formula is C19H30N4O2. The van der Waals surface area contributed by atoms with Crippen LogP contribution in [0.15, 0.2) is 6.07 Å². The summed E-state index contributed by atoms with van der Waals surface area (Å²) < 4.78 is 7.46. The molecule has 3 heterocycles. The van der Waals surface area contributed by atoms with Gasteiger partial charge in [-0.1, -0.05) is 0 Å². The van der Waals surface area contributed by atoms with Crippen LogP contribution in [0.3, 0.4) is 0 Å². The Hall–Kier alpha value is -1.40. The van der Waals surface area contributed by atoms with Crippen LogP contribution in [0.25, 0.3) is 0 Å². The van der Waals surface area contributed by atoms with Crippen LogP contribution >= 0.6 is 0 Å². The first-order valence-corrected chi connectivity index (χ1v) is 9.77. The van der Waals surface area contributed by atoms with E-state index in [2.05, 4.69) is 15.3 Å². The van der Waals surface area contributed by atoms with Crippen molar-refractivity contribution < 1.29 is 9.53 Å². The first-order valence-electron chi connectivity index (χ1n) is 9.77. The van der Waals surface area contributed by atoms with Crippen molar-refractivity contribution in [2.75, 3.05) is 39.4 Å². The SMILES string of the molecule is Cn1nc(C(=O)NCC2(CN3CCCC3)CCOCC2)cc1C1CC1. The molecule has 138 valence electrons. The van der Waals surface area contributed by atoms with Crippen molar-refractivity contribution in [3.63, 3.8) is 0 Å². The Morgan fingerprint density at radius 1 is 1.32 bits per heavy atom. The van der Waals surface area contributed by atoms with E-state index in [1.165, 1.54) is 44.5 Å². The molecule has 1 N–H and O–H groups in total. The molecule has 1 amide bonds. The fourth-order valence-corrected chi connectivity index (χ4v) is 4.32. The number of hydrogen-bond donors (Lipinski definition) is 1. The van der Waals surface area contributed by atoms with E-state index in [4.69, 9.17) is 4.74 Å². The van der Waals surface area contributed by atoms with E-state index >= 15 is 0 Å². The van der Waals surface area contributed by atoms with Crippen molar-refractivity contribution in [1.82, 2.24) is 20.0 Å². The third-order valence-electron chi connectivity index (χ3n) is 6.08. The Kier molecular flexibility index (Phi) is 4.82. The predicted octanol–water partition coefficient (Wildman–Crippen LogP) is 1.92. The molecule has 6 nitrogen and oxygen atoms in total. The van der Waals surface area contributed by atoms with Crippen LogP contribution in [0.2, 0.25) is 0 Å². The minimum absolute atomic E-state index is 0.0326. The van der Waals surface area contributed by atoms with Gasteiger partial charge in [0, 0.05) is 50.4 Å². The summed E-state index contributed by atoms with van der Waals surface area (Å²) in [6.07, 6.45) is 7.10. The molecule has 0 atom stereocenters. The number of aromatic nitrogens is 2. The summed E-state index contributed by atoms with van der Waals surface area (Å²) in [7, 11) is 1.94. The van der Waals surface area contributed by atoms with Crippen molar-refractivity contribution >= 4 is 5.91 Å². The topological polar surface area (TPSA) is 59.4 Å². The molecule has 2 aliphatic heterocycles. The molecule has 1 aromatic rings. The summed E-state index contributed by atoms with van der Waals surface area (Å²) in [6, 6.07) is 1.98. The van der Waals surface area contributed by atoms with Crippen molar-refractivity contribution in [2.45, 2.75) is 44.4 Å². The van der Waals surface area contributed by atoms with Gasteiger partial charge in [-0.3, -0.25) is 9.48 Å². The molecule has 6 heteroatoms. The fraction of sp³-hybridized carbons (Fsp3) is 0.789. The summed E-state index contributed by atoms with van der Waals surface area (Å²) in [4.78, 5) is 15.2. The molecular weight excluding hydrogens is 316 g/mol. The third-order valence-corrected chi connectivity index (χ3v) is 6.08. The zero-order chi connectivity index (χ0) is 17.3. The number of hydrogen-bond acceptors (Lipinski definition) is 4. The maximum atomic E-state index is 12.6. The van der Waals surface area contributed by atoms with Crippen molar-refractivity contribution in [1.29, 1.82) is 0 Å². The molecule has 1 aromatic heterocycles. The molecule has 0 spiro atoms. The van der Waals surface area contributed by atoms with E-state index in [9.17, 15) is 4.79 Å². The molecule has 4 rings (SSSR count). The quantitative estimate of drug-likeness (QED) is 0.855. The second-order valence-electron chi connectivity index (χ2n) is 8.13. The molecule has 0 radical (unpaired) electrons. The Morgan fingerprint density at radius 3 is 2.72 bits per heavy atom. The van der Waals surface area contributed by atoms with Gasteiger partial charge in [-0.05, 0) is 57.7 Å². The standard InChI is InChI=1S/C19H30N4O2/c1-22-17(15-4-5-15)12-16(21-22)18(24)20-13-19(6-10-25-11-7-19)14-23-8-2-3-9-23/h12,15H,2-11,13-14H2,1H3,(H,20,24). The highest BCUT2D eigenvalue weighted by Crippen LogP contribution is 2.40. The summed E-state index contributed by atoms with van der Waals surface area (Å²) in [5, 5.41) is 7.62. The maximum absolute atomic E-state index is 12.6. The van der Waals surface area contributed by atoms with Gasteiger partial charge in [0.05, 0.1) is 0 Å². The van der Waals surface area contributed by atoms with E-state index in [0.717, 1.165) is 39.1 Å². The minimum Gasteiger partial charge on any atom is -0.381 e. The predicted molar refractivity (Wildman–Crippen MR) is 95.7 cm³/mol. The molecule has 0 bridgehead atoms. The summed E-state index contributed by atoms with van der Waals surface area (Å²) in [6.45, 7) is 5.80. The summed E-state index contributed by atoms with van der Waals surface area (Å²) >= 11 is 0. The van der Waals surface area contributed by atoms with Crippen LogP contribution < -0.4 is 5.32 Å². The zero-order valence-corrected chi connectivity index (χ0v) is 15.3. The molecule has 0 aromatic carbocycles. The molecule has 1 saturated carbocycles. The Morgan fingerprint density at radius 2 is 2.04 bits per heavy atom. The number of amides is 1. The van der Waals surface area contributed by atoms with E-state index < -0.39 is 0 Å². The number of aryl methyl sites for hydroxylation is 1. The van der Waals surface area contributed by atoms with E-state index in [1.54, 1.807) is 0 Å². The normalized spacial score (nSPS) is 23.7. The van der Waals surface area contributed by atoms with Crippen LogP contribution in [-0.4, -0.2) is 60.0 Å². The molecule has 25 heavy (non-hydrogen) atoms. The van der Waals surface area contributed by atoms with Gasteiger partial charge in [0.2, 0.25) is 0 Å². The molecule has 3 aliphatic rings. The molecule has 2 saturated heterocycles. The van der Waals surface area contributed by atoms with Crippen molar-refractivity contribution in [2.24, 2.45) is 12.5 Å². The third kappa shape index (κ3) is 3.90. The van der Waals surface area contributed by atoms with Gasteiger partial charge in [-0.25, -0.2) is 0 Å². The van der Waals surface area contributed by atoms with Gasteiger partial charge in [-0.2, -0.15) is 5.10 Å². The number of carbonyl (C=O) groups excluding carboxylic acids is 1. The van der Waals surface area contributed by atoms with Crippen LogP contribution in [-0.2, 0) is 11.8 Å². The lowest BCUT2D eigenvalue weighted by Crippen LogP contribution is -2.48. The summed E-state index contributed by atoms with van der Waals surface area (Å²) in [5.41, 5.74) is 1.91. The van der Waals surface area contributed by atoms with E-state index in [1.807, 2.05) is 17.8 Å². The van der Waals surface area contributed by atoms with Crippen molar-refractivity contribution in [3.05, 3.63) is 17.5 Å². The highest BCUT2D eigenvalue weighted by Gasteiger charge is 2.36. The first kappa shape index (κ1) is 17.0. The van der Waals surface area contributed by atoms with E-state index in [-0.39, 0.29) is 11.3 Å². The Bertz CT molecular complexity index is 611. The lowest BCUT2D eigenvalue weighted by atomic mass is 9.79. The van der Waals surface area contributed by atoms with Gasteiger partial charge in [0.15, 0.2) is 0 Å². The van der Waals surface area contributed by atoms with Gasteiger partial charge in [0.1, 0.15) is 5.69 Å².